The fourth-order valence-electron chi connectivity index (χ4n) is 2.24. The van der Waals surface area contributed by atoms with E-state index in [-0.39, 0.29) is 11.5 Å². The molecule has 0 atom stereocenters. The Hall–Kier alpha value is -2.49. The first-order valence-corrected chi connectivity index (χ1v) is 6.61. The summed E-state index contributed by atoms with van der Waals surface area (Å²) in [6.07, 6.45) is 1.68. The summed E-state index contributed by atoms with van der Waals surface area (Å²) >= 11 is 0. The standard InChI is InChI=1S/C16H15N3O/c1-11(2)15-18-13-8-4-3-7-12(13)16(20)19(15)14-9-5-6-10-17-14/h3-11H,1-2H3. The van der Waals surface area contributed by atoms with Gasteiger partial charge in [0.15, 0.2) is 0 Å². The van der Waals surface area contributed by atoms with Crippen LogP contribution in [-0.4, -0.2) is 14.5 Å². The highest BCUT2D eigenvalue weighted by atomic mass is 16.1. The minimum Gasteiger partial charge on any atom is -0.268 e. The van der Waals surface area contributed by atoms with Crippen LogP contribution in [0.2, 0.25) is 0 Å². The van der Waals surface area contributed by atoms with Crippen LogP contribution < -0.4 is 5.56 Å². The summed E-state index contributed by atoms with van der Waals surface area (Å²) < 4.78 is 1.60. The van der Waals surface area contributed by atoms with Gasteiger partial charge in [-0.15, -0.1) is 0 Å². The smallest absolute Gasteiger partial charge is 0.267 e. The number of aromatic nitrogens is 3. The van der Waals surface area contributed by atoms with E-state index in [1.165, 1.54) is 0 Å². The van der Waals surface area contributed by atoms with Crippen molar-refractivity contribution in [3.8, 4) is 5.82 Å². The van der Waals surface area contributed by atoms with Crippen LogP contribution in [-0.2, 0) is 0 Å². The van der Waals surface area contributed by atoms with E-state index in [1.807, 2.05) is 50.2 Å². The highest BCUT2D eigenvalue weighted by Crippen LogP contribution is 2.17. The van der Waals surface area contributed by atoms with E-state index < -0.39 is 0 Å². The minimum atomic E-state index is -0.0713. The lowest BCUT2D eigenvalue weighted by Gasteiger charge is -2.14. The molecular formula is C16H15N3O. The van der Waals surface area contributed by atoms with Crippen molar-refractivity contribution >= 4 is 10.9 Å². The Balaban J connectivity index is 2.43. The molecule has 0 radical (unpaired) electrons. The normalized spacial score (nSPS) is 11.2. The molecule has 0 saturated carbocycles. The zero-order valence-corrected chi connectivity index (χ0v) is 11.4. The van der Waals surface area contributed by atoms with Gasteiger partial charge in [-0.05, 0) is 24.3 Å². The molecule has 4 heteroatoms. The quantitative estimate of drug-likeness (QED) is 0.715. The van der Waals surface area contributed by atoms with Gasteiger partial charge in [-0.3, -0.25) is 4.79 Å². The Bertz CT molecular complexity index is 807. The van der Waals surface area contributed by atoms with E-state index in [2.05, 4.69) is 9.97 Å². The number of hydrogen-bond donors (Lipinski definition) is 0. The second kappa shape index (κ2) is 4.89. The molecule has 0 unspecified atom stereocenters. The molecule has 1 aromatic carbocycles. The summed E-state index contributed by atoms with van der Waals surface area (Å²) in [6.45, 7) is 4.05. The van der Waals surface area contributed by atoms with Gasteiger partial charge >= 0.3 is 0 Å². The second-order valence-corrected chi connectivity index (χ2v) is 4.97. The van der Waals surface area contributed by atoms with Gasteiger partial charge in [-0.25, -0.2) is 14.5 Å². The van der Waals surface area contributed by atoms with Crippen LogP contribution in [0.25, 0.3) is 16.7 Å². The molecule has 20 heavy (non-hydrogen) atoms. The molecule has 0 N–H and O–H groups in total. The highest BCUT2D eigenvalue weighted by molar-refractivity contribution is 5.77. The van der Waals surface area contributed by atoms with Crippen LogP contribution in [0.3, 0.4) is 0 Å². The van der Waals surface area contributed by atoms with Gasteiger partial charge in [0.25, 0.3) is 5.56 Å². The first kappa shape index (κ1) is 12.5. The number of para-hydroxylation sites is 1. The number of pyridine rings is 1. The van der Waals surface area contributed by atoms with E-state index >= 15 is 0 Å². The van der Waals surface area contributed by atoms with Gasteiger partial charge in [0.1, 0.15) is 11.6 Å². The average molecular weight is 265 g/mol. The first-order valence-electron chi connectivity index (χ1n) is 6.61. The van der Waals surface area contributed by atoms with E-state index in [1.54, 1.807) is 16.8 Å². The van der Waals surface area contributed by atoms with Gasteiger partial charge in [0.2, 0.25) is 0 Å². The summed E-state index contributed by atoms with van der Waals surface area (Å²) in [5.74, 6) is 1.47. The van der Waals surface area contributed by atoms with Crippen LogP contribution in [0.5, 0.6) is 0 Å². The Morgan fingerprint density at radius 2 is 1.80 bits per heavy atom. The summed E-state index contributed by atoms with van der Waals surface area (Å²) in [4.78, 5) is 21.7. The highest BCUT2D eigenvalue weighted by Gasteiger charge is 2.15. The van der Waals surface area contributed by atoms with Gasteiger partial charge in [-0.2, -0.15) is 0 Å². The molecule has 100 valence electrons. The van der Waals surface area contributed by atoms with Crippen molar-refractivity contribution in [3.05, 3.63) is 64.8 Å². The summed E-state index contributed by atoms with van der Waals surface area (Å²) in [5, 5.41) is 0.613. The predicted octanol–water partition coefficient (Wildman–Crippen LogP) is 2.90. The molecule has 0 amide bonds. The summed E-state index contributed by atoms with van der Waals surface area (Å²) in [5.41, 5.74) is 0.659. The molecule has 0 fully saturated rings. The minimum absolute atomic E-state index is 0.0713. The lowest BCUT2D eigenvalue weighted by Crippen LogP contribution is -2.25. The first-order chi connectivity index (χ1) is 9.68. The van der Waals surface area contributed by atoms with Gasteiger partial charge in [0, 0.05) is 12.1 Å². The maximum absolute atomic E-state index is 12.7. The number of nitrogens with zero attached hydrogens (tertiary/aromatic N) is 3. The summed E-state index contributed by atoms with van der Waals surface area (Å²) in [6, 6.07) is 12.9. The molecule has 2 heterocycles. The van der Waals surface area contributed by atoms with E-state index in [0.717, 1.165) is 11.3 Å². The molecular weight excluding hydrogens is 250 g/mol. The molecule has 0 aliphatic carbocycles. The Morgan fingerprint density at radius 3 is 2.50 bits per heavy atom. The molecule has 3 aromatic rings. The Labute approximate surface area is 116 Å². The molecule has 0 bridgehead atoms. The van der Waals surface area contributed by atoms with Crippen molar-refractivity contribution in [2.75, 3.05) is 0 Å². The number of benzene rings is 1. The Morgan fingerprint density at radius 1 is 1.05 bits per heavy atom. The average Bonchev–Trinajstić information content (AvgIpc) is 2.48. The van der Waals surface area contributed by atoms with Crippen molar-refractivity contribution < 1.29 is 0 Å². The maximum Gasteiger partial charge on any atom is 0.267 e. The third-order valence-electron chi connectivity index (χ3n) is 3.20. The van der Waals surface area contributed by atoms with Crippen molar-refractivity contribution in [2.45, 2.75) is 19.8 Å². The molecule has 0 saturated heterocycles. The largest absolute Gasteiger partial charge is 0.268 e. The second-order valence-electron chi connectivity index (χ2n) is 4.97. The van der Waals surface area contributed by atoms with E-state index in [4.69, 9.17) is 0 Å². The zero-order valence-electron chi connectivity index (χ0n) is 11.4. The molecule has 2 aromatic heterocycles. The topological polar surface area (TPSA) is 47.8 Å². The van der Waals surface area contributed by atoms with Crippen molar-refractivity contribution in [1.82, 2.24) is 14.5 Å². The third kappa shape index (κ3) is 1.99. The van der Waals surface area contributed by atoms with Crippen LogP contribution >= 0.6 is 0 Å². The maximum atomic E-state index is 12.7. The van der Waals surface area contributed by atoms with Gasteiger partial charge < -0.3 is 0 Å². The number of rotatable bonds is 2. The van der Waals surface area contributed by atoms with Crippen molar-refractivity contribution in [2.24, 2.45) is 0 Å². The number of fused-ring (bicyclic) bond motifs is 1. The van der Waals surface area contributed by atoms with Gasteiger partial charge in [-0.1, -0.05) is 32.0 Å². The number of hydrogen-bond acceptors (Lipinski definition) is 3. The SMILES string of the molecule is CC(C)c1nc2ccccc2c(=O)n1-c1ccccn1. The fraction of sp³-hybridized carbons (Fsp3) is 0.188. The molecule has 0 spiro atoms. The molecule has 0 aliphatic rings. The van der Waals surface area contributed by atoms with Crippen LogP contribution in [0.15, 0.2) is 53.5 Å². The predicted molar refractivity (Wildman–Crippen MR) is 79.2 cm³/mol. The molecule has 3 rings (SSSR count). The molecule has 4 nitrogen and oxygen atoms in total. The van der Waals surface area contributed by atoms with Crippen LogP contribution in [0.1, 0.15) is 25.6 Å². The van der Waals surface area contributed by atoms with Gasteiger partial charge in [0.05, 0.1) is 10.9 Å². The lowest BCUT2D eigenvalue weighted by atomic mass is 10.1. The zero-order chi connectivity index (χ0) is 14.1. The van der Waals surface area contributed by atoms with Crippen LogP contribution in [0, 0.1) is 0 Å². The summed E-state index contributed by atoms with van der Waals surface area (Å²) in [7, 11) is 0. The van der Waals surface area contributed by atoms with Crippen molar-refractivity contribution in [1.29, 1.82) is 0 Å². The van der Waals surface area contributed by atoms with E-state index in [0.29, 0.717) is 11.2 Å². The monoisotopic (exact) mass is 265 g/mol. The fourth-order valence-corrected chi connectivity index (χ4v) is 2.24. The molecule has 0 aliphatic heterocycles. The third-order valence-corrected chi connectivity index (χ3v) is 3.20. The van der Waals surface area contributed by atoms with E-state index in [9.17, 15) is 4.79 Å². The Kier molecular flexibility index (Phi) is 3.06. The lowest BCUT2D eigenvalue weighted by molar-refractivity contribution is 0.714. The van der Waals surface area contributed by atoms with Crippen LogP contribution in [0.4, 0.5) is 0 Å². The van der Waals surface area contributed by atoms with Crippen molar-refractivity contribution in [3.63, 3.8) is 0 Å².